The molecule has 0 aliphatic rings. The first-order valence-electron chi connectivity index (χ1n) is 11.4. The highest BCUT2D eigenvalue weighted by Crippen LogP contribution is 2.44. The van der Waals surface area contributed by atoms with Gasteiger partial charge in [-0.3, -0.25) is 0 Å². The summed E-state index contributed by atoms with van der Waals surface area (Å²) in [5, 5.41) is 11.4. The first-order chi connectivity index (χ1) is 13.3. The third-order valence-corrected chi connectivity index (χ3v) is 18.2. The molecule has 30 heavy (non-hydrogen) atoms. The molecule has 0 bridgehead atoms. The Hall–Kier alpha value is -0.276. The standard InChI is InChI=1S/C24H50O4Si2/c1-17(2)24(12,16-25)22(26)21(28-29(13,14)23(9,10)11)15-27-30(18(3)4,19(5)6)20(7)8/h16,18-22,26H,1,15H2,2-14H3/t21-,22+,24?/m1/s1. The van der Waals surface area contributed by atoms with E-state index in [0.717, 1.165) is 6.29 Å². The second-order valence-electron chi connectivity index (χ2n) is 11.7. The number of hydrogen-bond donors (Lipinski definition) is 1. The summed E-state index contributed by atoms with van der Waals surface area (Å²) in [6.45, 7) is 32.1. The molecule has 0 aliphatic carbocycles. The quantitative estimate of drug-likeness (QED) is 0.200. The largest absolute Gasteiger partial charge is 0.413 e. The fourth-order valence-corrected chi connectivity index (χ4v) is 11.0. The highest BCUT2D eigenvalue weighted by molar-refractivity contribution is 6.77. The Morgan fingerprint density at radius 2 is 1.40 bits per heavy atom. The van der Waals surface area contributed by atoms with Crippen molar-refractivity contribution >= 4 is 22.9 Å². The lowest BCUT2D eigenvalue weighted by molar-refractivity contribution is -0.124. The molecule has 0 aromatic rings. The summed E-state index contributed by atoms with van der Waals surface area (Å²) in [5.41, 5.74) is 0.855. The average molecular weight is 459 g/mol. The summed E-state index contributed by atoms with van der Waals surface area (Å²) in [5.74, 6) is 0. The van der Waals surface area contributed by atoms with E-state index in [1.54, 1.807) is 13.8 Å². The zero-order chi connectivity index (χ0) is 24.3. The van der Waals surface area contributed by atoms with Crippen molar-refractivity contribution in [1.82, 2.24) is 0 Å². The summed E-state index contributed by atoms with van der Waals surface area (Å²) in [6, 6.07) is 0. The molecule has 0 saturated heterocycles. The molecular formula is C24H50O4Si2. The molecule has 0 fully saturated rings. The van der Waals surface area contributed by atoms with Crippen molar-refractivity contribution < 1.29 is 18.8 Å². The van der Waals surface area contributed by atoms with E-state index in [4.69, 9.17) is 8.85 Å². The van der Waals surface area contributed by atoms with E-state index in [-0.39, 0.29) is 5.04 Å². The Morgan fingerprint density at radius 3 is 1.67 bits per heavy atom. The predicted molar refractivity (Wildman–Crippen MR) is 134 cm³/mol. The monoisotopic (exact) mass is 458 g/mol. The van der Waals surface area contributed by atoms with Gasteiger partial charge in [-0.05, 0) is 48.6 Å². The third kappa shape index (κ3) is 6.15. The molecule has 4 nitrogen and oxygen atoms in total. The lowest BCUT2D eigenvalue weighted by atomic mass is 9.77. The molecule has 0 rings (SSSR count). The van der Waals surface area contributed by atoms with E-state index < -0.39 is 34.3 Å². The molecule has 0 amide bonds. The second-order valence-corrected chi connectivity index (χ2v) is 21.9. The van der Waals surface area contributed by atoms with Crippen molar-refractivity contribution in [3.63, 3.8) is 0 Å². The summed E-state index contributed by atoms with van der Waals surface area (Å²) < 4.78 is 13.5. The van der Waals surface area contributed by atoms with Crippen LogP contribution < -0.4 is 0 Å². The normalized spacial score (nSPS) is 17.9. The van der Waals surface area contributed by atoms with Crippen molar-refractivity contribution in [2.45, 2.75) is 123 Å². The molecule has 1 N–H and O–H groups in total. The van der Waals surface area contributed by atoms with Gasteiger partial charge in [0.2, 0.25) is 0 Å². The summed E-state index contributed by atoms with van der Waals surface area (Å²) >= 11 is 0. The second kappa shape index (κ2) is 10.6. The lowest BCUT2D eigenvalue weighted by Crippen LogP contribution is -2.56. The van der Waals surface area contributed by atoms with Crippen LogP contribution in [0.2, 0.25) is 34.8 Å². The Morgan fingerprint density at radius 1 is 1.00 bits per heavy atom. The number of carbonyl (C=O) groups excluding carboxylic acids is 1. The van der Waals surface area contributed by atoms with Gasteiger partial charge in [0.1, 0.15) is 6.29 Å². The molecule has 0 aliphatic heterocycles. The number of aliphatic hydroxyl groups is 1. The Kier molecular flexibility index (Phi) is 10.5. The number of rotatable bonds is 12. The van der Waals surface area contributed by atoms with Crippen molar-refractivity contribution in [1.29, 1.82) is 0 Å². The van der Waals surface area contributed by atoms with Crippen LogP contribution in [0.5, 0.6) is 0 Å². The van der Waals surface area contributed by atoms with Crippen LogP contribution in [0.3, 0.4) is 0 Å². The number of aliphatic hydroxyl groups excluding tert-OH is 1. The van der Waals surface area contributed by atoms with Crippen molar-refractivity contribution in [3.8, 4) is 0 Å². The topological polar surface area (TPSA) is 55.8 Å². The fourth-order valence-electron chi connectivity index (χ4n) is 4.28. The number of hydrogen-bond acceptors (Lipinski definition) is 4. The van der Waals surface area contributed by atoms with Gasteiger partial charge < -0.3 is 18.8 Å². The van der Waals surface area contributed by atoms with E-state index in [1.165, 1.54) is 0 Å². The summed E-state index contributed by atoms with van der Waals surface area (Å²) in [4.78, 5) is 12.0. The maximum absolute atomic E-state index is 12.0. The van der Waals surface area contributed by atoms with E-state index in [2.05, 4.69) is 82.0 Å². The maximum Gasteiger partial charge on any atom is 0.200 e. The molecule has 6 heteroatoms. The predicted octanol–water partition coefficient (Wildman–Crippen LogP) is 6.71. The first kappa shape index (κ1) is 29.7. The van der Waals surface area contributed by atoms with Crippen LogP contribution in [-0.4, -0.2) is 46.8 Å². The molecule has 0 heterocycles. The first-order valence-corrected chi connectivity index (χ1v) is 16.5. The van der Waals surface area contributed by atoms with Crippen LogP contribution in [0.4, 0.5) is 0 Å². The molecule has 178 valence electrons. The summed E-state index contributed by atoms with van der Waals surface area (Å²) in [6.07, 6.45) is -0.791. The van der Waals surface area contributed by atoms with Crippen LogP contribution in [0, 0.1) is 5.41 Å². The van der Waals surface area contributed by atoms with Gasteiger partial charge in [0.15, 0.2) is 16.6 Å². The van der Waals surface area contributed by atoms with Crippen LogP contribution in [0.1, 0.15) is 76.2 Å². The molecule has 0 saturated carbocycles. The van der Waals surface area contributed by atoms with Gasteiger partial charge in [0, 0.05) is 0 Å². The van der Waals surface area contributed by atoms with Gasteiger partial charge in [-0.1, -0.05) is 74.5 Å². The van der Waals surface area contributed by atoms with Crippen molar-refractivity contribution in [2.75, 3.05) is 6.61 Å². The molecule has 0 aromatic carbocycles. The van der Waals surface area contributed by atoms with Crippen molar-refractivity contribution in [2.24, 2.45) is 5.41 Å². The SMILES string of the molecule is C=C(C)C(C)(C=O)[C@@H](O)[C@@H](CO[Si](C(C)C)(C(C)C)C(C)C)O[Si](C)(C)C(C)(C)C. The fraction of sp³-hybridized carbons (Fsp3) is 0.875. The highest BCUT2D eigenvalue weighted by Gasteiger charge is 2.49. The van der Waals surface area contributed by atoms with Crippen LogP contribution in [0.25, 0.3) is 0 Å². The molecular weight excluding hydrogens is 408 g/mol. The minimum Gasteiger partial charge on any atom is -0.413 e. The van der Waals surface area contributed by atoms with E-state index >= 15 is 0 Å². The Balaban J connectivity index is 6.20. The third-order valence-electron chi connectivity index (χ3n) is 7.59. The van der Waals surface area contributed by atoms with Crippen molar-refractivity contribution in [3.05, 3.63) is 12.2 Å². The Bertz CT molecular complexity index is 556. The smallest absolute Gasteiger partial charge is 0.200 e. The lowest BCUT2D eigenvalue weighted by Gasteiger charge is -2.46. The average Bonchev–Trinajstić information content (AvgIpc) is 2.57. The molecule has 0 radical (unpaired) electrons. The van der Waals surface area contributed by atoms with E-state index in [9.17, 15) is 9.90 Å². The van der Waals surface area contributed by atoms with Gasteiger partial charge in [-0.2, -0.15) is 0 Å². The number of carbonyl (C=O) groups is 1. The molecule has 0 spiro atoms. The zero-order valence-electron chi connectivity index (χ0n) is 22.1. The van der Waals surface area contributed by atoms with Gasteiger partial charge in [-0.25, -0.2) is 0 Å². The molecule has 1 unspecified atom stereocenters. The highest BCUT2D eigenvalue weighted by atomic mass is 28.4. The van der Waals surface area contributed by atoms with Gasteiger partial charge in [0.25, 0.3) is 0 Å². The minimum atomic E-state index is -2.21. The number of aldehydes is 1. The zero-order valence-corrected chi connectivity index (χ0v) is 24.1. The van der Waals surface area contributed by atoms with Gasteiger partial charge in [-0.15, -0.1) is 0 Å². The Labute approximate surface area is 189 Å². The van der Waals surface area contributed by atoms with Crippen LogP contribution >= 0.6 is 0 Å². The van der Waals surface area contributed by atoms with E-state index in [1.807, 2.05) is 0 Å². The van der Waals surface area contributed by atoms with Crippen LogP contribution in [0.15, 0.2) is 12.2 Å². The van der Waals surface area contributed by atoms with E-state index in [0.29, 0.717) is 28.8 Å². The molecule has 0 aromatic heterocycles. The van der Waals surface area contributed by atoms with Gasteiger partial charge in [0.05, 0.1) is 24.2 Å². The van der Waals surface area contributed by atoms with Crippen LogP contribution in [-0.2, 0) is 13.6 Å². The summed E-state index contributed by atoms with van der Waals surface area (Å²) in [7, 11) is -4.35. The molecule has 3 atom stereocenters. The maximum atomic E-state index is 12.0. The minimum absolute atomic E-state index is 0.0194. The van der Waals surface area contributed by atoms with Gasteiger partial charge >= 0.3 is 0 Å².